The number of unbranched alkanes of at least 4 members (excludes halogenated alkanes) is 1. The number of amides is 2. The van der Waals surface area contributed by atoms with E-state index < -0.39 is 0 Å². The Morgan fingerprint density at radius 3 is 2.60 bits per heavy atom. The molecule has 0 bridgehead atoms. The van der Waals surface area contributed by atoms with E-state index in [1.54, 1.807) is 0 Å². The van der Waals surface area contributed by atoms with Crippen LogP contribution in [0.25, 0.3) is 0 Å². The molecule has 0 unspecified atom stereocenters. The number of hydrogen-bond acceptors (Lipinski definition) is 1. The smallest absolute Gasteiger partial charge is 0.319 e. The van der Waals surface area contributed by atoms with Crippen LogP contribution in [0.5, 0.6) is 0 Å². The average molecular weight is 210 g/mol. The summed E-state index contributed by atoms with van der Waals surface area (Å²) in [5, 5.41) is 5.31. The molecular formula is C11H15FN2O. The Balaban J connectivity index is 2.34. The summed E-state index contributed by atoms with van der Waals surface area (Å²) in [5.74, 6) is -0.313. The van der Waals surface area contributed by atoms with E-state index in [0.29, 0.717) is 12.2 Å². The highest BCUT2D eigenvalue weighted by atomic mass is 19.1. The topological polar surface area (TPSA) is 41.1 Å². The van der Waals surface area contributed by atoms with Crippen LogP contribution in [-0.4, -0.2) is 12.6 Å². The van der Waals surface area contributed by atoms with Gasteiger partial charge in [0.25, 0.3) is 0 Å². The maximum atomic E-state index is 12.5. The second-order valence-electron chi connectivity index (χ2n) is 3.24. The van der Waals surface area contributed by atoms with Gasteiger partial charge in [-0.25, -0.2) is 9.18 Å². The second kappa shape index (κ2) is 6.01. The van der Waals surface area contributed by atoms with E-state index in [0.717, 1.165) is 12.8 Å². The van der Waals surface area contributed by atoms with Crippen LogP contribution >= 0.6 is 0 Å². The molecule has 15 heavy (non-hydrogen) atoms. The average Bonchev–Trinajstić information content (AvgIpc) is 2.22. The molecule has 2 N–H and O–H groups in total. The molecule has 1 aromatic rings. The quantitative estimate of drug-likeness (QED) is 0.737. The zero-order valence-corrected chi connectivity index (χ0v) is 8.72. The Labute approximate surface area is 88.7 Å². The van der Waals surface area contributed by atoms with Gasteiger partial charge in [0.05, 0.1) is 0 Å². The summed E-state index contributed by atoms with van der Waals surface area (Å²) in [5.41, 5.74) is 0.588. The molecule has 2 amide bonds. The van der Waals surface area contributed by atoms with E-state index in [2.05, 4.69) is 17.6 Å². The van der Waals surface area contributed by atoms with E-state index in [1.807, 2.05) is 0 Å². The highest BCUT2D eigenvalue weighted by Gasteiger charge is 1.99. The molecule has 0 aliphatic rings. The lowest BCUT2D eigenvalue weighted by Gasteiger charge is -2.06. The molecule has 1 rings (SSSR count). The van der Waals surface area contributed by atoms with Crippen molar-refractivity contribution in [3.63, 3.8) is 0 Å². The van der Waals surface area contributed by atoms with Gasteiger partial charge >= 0.3 is 6.03 Å². The third-order valence-corrected chi connectivity index (χ3v) is 1.92. The molecule has 0 aliphatic carbocycles. The second-order valence-corrected chi connectivity index (χ2v) is 3.24. The molecular weight excluding hydrogens is 195 g/mol. The van der Waals surface area contributed by atoms with E-state index in [4.69, 9.17) is 0 Å². The van der Waals surface area contributed by atoms with E-state index in [-0.39, 0.29) is 11.8 Å². The van der Waals surface area contributed by atoms with Gasteiger partial charge in [-0.1, -0.05) is 13.3 Å². The highest BCUT2D eigenvalue weighted by molar-refractivity contribution is 5.89. The number of anilines is 1. The summed E-state index contributed by atoms with van der Waals surface area (Å²) in [7, 11) is 0. The van der Waals surface area contributed by atoms with Crippen LogP contribution < -0.4 is 10.6 Å². The number of carbonyl (C=O) groups is 1. The fraction of sp³-hybridized carbons (Fsp3) is 0.364. The number of halogens is 1. The molecule has 82 valence electrons. The van der Waals surface area contributed by atoms with Crippen molar-refractivity contribution in [1.82, 2.24) is 5.32 Å². The Kier molecular flexibility index (Phi) is 4.60. The lowest BCUT2D eigenvalue weighted by atomic mass is 10.3. The molecule has 0 heterocycles. The van der Waals surface area contributed by atoms with E-state index in [9.17, 15) is 9.18 Å². The normalized spacial score (nSPS) is 9.73. The van der Waals surface area contributed by atoms with Gasteiger partial charge in [-0.2, -0.15) is 0 Å². The van der Waals surface area contributed by atoms with Crippen molar-refractivity contribution in [2.45, 2.75) is 19.8 Å². The van der Waals surface area contributed by atoms with E-state index in [1.165, 1.54) is 24.3 Å². The van der Waals surface area contributed by atoms with Crippen LogP contribution in [0.2, 0.25) is 0 Å². The van der Waals surface area contributed by atoms with Crippen LogP contribution in [0.1, 0.15) is 19.8 Å². The maximum absolute atomic E-state index is 12.5. The van der Waals surface area contributed by atoms with Gasteiger partial charge in [0.1, 0.15) is 5.82 Å². The molecule has 0 radical (unpaired) electrons. The van der Waals surface area contributed by atoms with Crippen LogP contribution in [0.3, 0.4) is 0 Å². The van der Waals surface area contributed by atoms with Crippen LogP contribution in [-0.2, 0) is 0 Å². The minimum absolute atomic E-state index is 0.255. The van der Waals surface area contributed by atoms with Crippen molar-refractivity contribution in [2.75, 3.05) is 11.9 Å². The number of nitrogens with one attached hydrogen (secondary N) is 2. The first kappa shape index (κ1) is 11.5. The van der Waals surface area contributed by atoms with Gasteiger partial charge in [-0.05, 0) is 30.7 Å². The summed E-state index contributed by atoms with van der Waals surface area (Å²) in [4.78, 5) is 11.3. The lowest BCUT2D eigenvalue weighted by molar-refractivity contribution is 0.252. The van der Waals surface area contributed by atoms with Gasteiger partial charge < -0.3 is 10.6 Å². The molecule has 3 nitrogen and oxygen atoms in total. The number of hydrogen-bond donors (Lipinski definition) is 2. The zero-order chi connectivity index (χ0) is 11.1. The first-order chi connectivity index (χ1) is 7.22. The first-order valence-corrected chi connectivity index (χ1v) is 5.03. The predicted molar refractivity (Wildman–Crippen MR) is 58.3 cm³/mol. The minimum atomic E-state index is -0.313. The summed E-state index contributed by atoms with van der Waals surface area (Å²) < 4.78 is 12.5. The van der Waals surface area contributed by atoms with E-state index >= 15 is 0 Å². The lowest BCUT2D eigenvalue weighted by Crippen LogP contribution is -2.29. The maximum Gasteiger partial charge on any atom is 0.319 e. The monoisotopic (exact) mass is 210 g/mol. The number of urea groups is 1. The third kappa shape index (κ3) is 4.44. The van der Waals surface area contributed by atoms with Crippen molar-refractivity contribution < 1.29 is 9.18 Å². The van der Waals surface area contributed by atoms with Gasteiger partial charge in [-0.15, -0.1) is 0 Å². The van der Waals surface area contributed by atoms with Gasteiger partial charge in [-0.3, -0.25) is 0 Å². The summed E-state index contributed by atoms with van der Waals surface area (Å²) in [6.45, 7) is 2.71. The van der Waals surface area contributed by atoms with Crippen LogP contribution in [0.4, 0.5) is 14.9 Å². The summed E-state index contributed by atoms with van der Waals surface area (Å²) in [6.07, 6.45) is 1.99. The minimum Gasteiger partial charge on any atom is -0.338 e. The molecule has 0 spiro atoms. The highest BCUT2D eigenvalue weighted by Crippen LogP contribution is 2.07. The largest absolute Gasteiger partial charge is 0.338 e. The molecule has 0 saturated heterocycles. The van der Waals surface area contributed by atoms with Crippen molar-refractivity contribution in [3.8, 4) is 0 Å². The summed E-state index contributed by atoms with van der Waals surface area (Å²) in [6, 6.07) is 5.40. The Bertz CT molecular complexity index is 311. The number of rotatable bonds is 4. The molecule has 4 heteroatoms. The molecule has 0 aliphatic heterocycles. The molecule has 0 aromatic heterocycles. The molecule has 1 aromatic carbocycles. The summed E-state index contributed by atoms with van der Waals surface area (Å²) >= 11 is 0. The van der Waals surface area contributed by atoms with Gasteiger partial charge in [0.2, 0.25) is 0 Å². The zero-order valence-electron chi connectivity index (χ0n) is 8.72. The SMILES string of the molecule is CCCCNC(=O)Nc1ccc(F)cc1. The molecule has 0 atom stereocenters. The number of carbonyl (C=O) groups excluding carboxylic acids is 1. The van der Waals surface area contributed by atoms with Crippen molar-refractivity contribution in [1.29, 1.82) is 0 Å². The fourth-order valence-corrected chi connectivity index (χ4v) is 1.09. The fourth-order valence-electron chi connectivity index (χ4n) is 1.09. The Morgan fingerprint density at radius 1 is 1.33 bits per heavy atom. The standard InChI is InChI=1S/C11H15FN2O/c1-2-3-8-13-11(15)14-10-6-4-9(12)5-7-10/h4-7H,2-3,8H2,1H3,(H2,13,14,15). The molecule has 0 saturated carbocycles. The van der Waals surface area contributed by atoms with Crippen molar-refractivity contribution in [3.05, 3.63) is 30.1 Å². The van der Waals surface area contributed by atoms with Crippen LogP contribution in [0.15, 0.2) is 24.3 Å². The van der Waals surface area contributed by atoms with Crippen molar-refractivity contribution >= 4 is 11.7 Å². The Morgan fingerprint density at radius 2 is 2.00 bits per heavy atom. The van der Waals surface area contributed by atoms with Gasteiger partial charge in [0.15, 0.2) is 0 Å². The Hall–Kier alpha value is -1.58. The van der Waals surface area contributed by atoms with Crippen molar-refractivity contribution in [2.24, 2.45) is 0 Å². The van der Waals surface area contributed by atoms with Gasteiger partial charge in [0, 0.05) is 12.2 Å². The van der Waals surface area contributed by atoms with Crippen LogP contribution in [0, 0.1) is 5.82 Å². The first-order valence-electron chi connectivity index (χ1n) is 5.03. The molecule has 0 fully saturated rings. The third-order valence-electron chi connectivity index (χ3n) is 1.92. The number of benzene rings is 1. The predicted octanol–water partition coefficient (Wildman–Crippen LogP) is 2.75.